The fourth-order valence-corrected chi connectivity index (χ4v) is 8.29. The molecule has 2 heterocycles. The fourth-order valence-electron chi connectivity index (χ4n) is 6.66. The zero-order valence-electron chi connectivity index (χ0n) is 22.9. The number of amides is 2. The van der Waals surface area contributed by atoms with E-state index in [4.69, 9.17) is 4.74 Å². The van der Waals surface area contributed by atoms with Crippen LogP contribution in [0.4, 0.5) is 0 Å². The van der Waals surface area contributed by atoms with Crippen LogP contribution in [0.1, 0.15) is 64.0 Å². The Bertz CT molecular complexity index is 1220. The van der Waals surface area contributed by atoms with Crippen LogP contribution in [0.25, 0.3) is 0 Å². The minimum absolute atomic E-state index is 0.0671. The Kier molecular flexibility index (Phi) is 7.68. The van der Waals surface area contributed by atoms with E-state index in [1.807, 2.05) is 56.3 Å². The summed E-state index contributed by atoms with van der Waals surface area (Å²) in [5.41, 5.74) is 1.33. The van der Waals surface area contributed by atoms with Gasteiger partial charge < -0.3 is 20.1 Å². The van der Waals surface area contributed by atoms with E-state index in [9.17, 15) is 19.5 Å². The van der Waals surface area contributed by atoms with E-state index in [2.05, 4.69) is 24.4 Å². The number of benzene rings is 2. The maximum atomic E-state index is 14.3. The highest BCUT2D eigenvalue weighted by atomic mass is 32.2. The molecule has 5 atom stereocenters. The highest BCUT2D eigenvalue weighted by Gasteiger charge is 2.65. The lowest BCUT2D eigenvalue weighted by Crippen LogP contribution is -2.72. The zero-order chi connectivity index (χ0) is 27.8. The van der Waals surface area contributed by atoms with Gasteiger partial charge in [0, 0.05) is 4.75 Å². The van der Waals surface area contributed by atoms with Crippen LogP contribution in [0.5, 0.6) is 5.75 Å². The summed E-state index contributed by atoms with van der Waals surface area (Å²) in [4.78, 5) is 40.9. The van der Waals surface area contributed by atoms with Crippen molar-refractivity contribution in [1.82, 2.24) is 10.2 Å². The number of fused-ring (bicyclic) bond motifs is 1. The molecule has 1 aliphatic carbocycles. The molecule has 2 saturated heterocycles. The Morgan fingerprint density at radius 3 is 2.51 bits per heavy atom. The van der Waals surface area contributed by atoms with Crippen LogP contribution in [-0.2, 0) is 26.2 Å². The van der Waals surface area contributed by atoms with Gasteiger partial charge in [0.25, 0.3) is 0 Å². The van der Waals surface area contributed by atoms with Gasteiger partial charge in [0.15, 0.2) is 0 Å². The number of rotatable bonds is 10. The Morgan fingerprint density at radius 1 is 1.13 bits per heavy atom. The molecule has 208 valence electrons. The molecule has 0 aromatic heterocycles. The number of β-lactam (4-membered cyclic amide) rings is 1. The van der Waals surface area contributed by atoms with E-state index in [1.165, 1.54) is 22.2 Å². The highest BCUT2D eigenvalue weighted by molar-refractivity contribution is 8.01. The maximum absolute atomic E-state index is 14.3. The number of aliphatic carboxylic acids is 1. The minimum Gasteiger partial charge on any atom is -0.494 e. The fraction of sp³-hybridized carbons (Fsp3) is 0.516. The average Bonchev–Trinajstić information content (AvgIpc) is 3.45. The van der Waals surface area contributed by atoms with Gasteiger partial charge in [-0.2, -0.15) is 0 Å². The van der Waals surface area contributed by atoms with Crippen molar-refractivity contribution in [2.24, 2.45) is 5.92 Å². The number of ether oxygens (including phenoxy) is 1. The van der Waals surface area contributed by atoms with Gasteiger partial charge in [-0.05, 0) is 68.7 Å². The maximum Gasteiger partial charge on any atom is 0.327 e. The van der Waals surface area contributed by atoms with Crippen LogP contribution in [0.2, 0.25) is 0 Å². The summed E-state index contributed by atoms with van der Waals surface area (Å²) in [5, 5.41) is 12.5. The Balaban J connectivity index is 1.43. The molecule has 2 aliphatic heterocycles. The second kappa shape index (κ2) is 10.9. The van der Waals surface area contributed by atoms with Crippen molar-refractivity contribution in [3.63, 3.8) is 0 Å². The largest absolute Gasteiger partial charge is 0.494 e. The number of nitrogens with one attached hydrogen (secondary N) is 1. The summed E-state index contributed by atoms with van der Waals surface area (Å²) in [6.07, 6.45) is 5.32. The quantitative estimate of drug-likeness (QED) is 0.327. The van der Waals surface area contributed by atoms with E-state index in [0.29, 0.717) is 13.0 Å². The van der Waals surface area contributed by atoms with Crippen LogP contribution in [0.15, 0.2) is 54.6 Å². The normalized spacial score (nSPS) is 29.0. The van der Waals surface area contributed by atoms with Crippen molar-refractivity contribution in [2.75, 3.05) is 6.61 Å². The van der Waals surface area contributed by atoms with Gasteiger partial charge >= 0.3 is 5.97 Å². The van der Waals surface area contributed by atoms with E-state index in [1.54, 1.807) is 0 Å². The van der Waals surface area contributed by atoms with Crippen LogP contribution < -0.4 is 10.1 Å². The van der Waals surface area contributed by atoms with Gasteiger partial charge in [-0.3, -0.25) is 9.59 Å². The van der Waals surface area contributed by atoms with Gasteiger partial charge in [0.1, 0.15) is 23.2 Å². The van der Waals surface area contributed by atoms with Crippen molar-refractivity contribution in [3.05, 3.63) is 65.7 Å². The molecule has 0 spiro atoms. The third-order valence-electron chi connectivity index (χ3n) is 8.65. The van der Waals surface area contributed by atoms with Crippen molar-refractivity contribution in [1.29, 1.82) is 0 Å². The molecule has 7 nitrogen and oxygen atoms in total. The number of carbonyl (C=O) groups is 3. The molecule has 0 radical (unpaired) electrons. The molecule has 2 amide bonds. The monoisotopic (exact) mass is 550 g/mol. The molecular weight excluding hydrogens is 512 g/mol. The smallest absolute Gasteiger partial charge is 0.327 e. The van der Waals surface area contributed by atoms with Crippen molar-refractivity contribution < 1.29 is 24.2 Å². The Hall–Kier alpha value is -3.00. The zero-order valence-corrected chi connectivity index (χ0v) is 23.7. The van der Waals surface area contributed by atoms with Crippen molar-refractivity contribution in [2.45, 2.75) is 86.9 Å². The van der Waals surface area contributed by atoms with Crippen LogP contribution >= 0.6 is 11.8 Å². The Labute approximate surface area is 234 Å². The summed E-state index contributed by atoms with van der Waals surface area (Å²) in [6, 6.07) is 16.5. The van der Waals surface area contributed by atoms with Crippen molar-refractivity contribution in [3.8, 4) is 5.75 Å². The van der Waals surface area contributed by atoms with Gasteiger partial charge in [0.2, 0.25) is 11.8 Å². The lowest BCUT2D eigenvalue weighted by atomic mass is 9.69. The summed E-state index contributed by atoms with van der Waals surface area (Å²) >= 11 is 1.45. The predicted molar refractivity (Wildman–Crippen MR) is 152 cm³/mol. The van der Waals surface area contributed by atoms with Gasteiger partial charge in [-0.25, -0.2) is 4.79 Å². The van der Waals surface area contributed by atoms with E-state index in [0.717, 1.165) is 43.4 Å². The number of carboxylic acid groups (broad SMARTS) is 1. The van der Waals surface area contributed by atoms with Crippen LogP contribution in [0.3, 0.4) is 0 Å². The number of carboxylic acids is 1. The molecule has 2 aromatic carbocycles. The van der Waals surface area contributed by atoms with Crippen LogP contribution in [0, 0.1) is 5.92 Å². The first-order valence-corrected chi connectivity index (χ1v) is 14.9. The van der Waals surface area contributed by atoms with Crippen molar-refractivity contribution >= 4 is 29.5 Å². The third kappa shape index (κ3) is 4.92. The van der Waals surface area contributed by atoms with Gasteiger partial charge in [0.05, 0.1) is 12.0 Å². The number of carbonyl (C=O) groups excluding carboxylic acids is 2. The second-order valence-electron chi connectivity index (χ2n) is 11.5. The molecule has 39 heavy (non-hydrogen) atoms. The SMILES string of the molecule is CCCCOc1ccc([C@]2(C(=O)N[C@@H]3C(=O)N4[C@@H]3SC(C)(C)[C@H]4C(=O)O)CCC[C@H]2Cc2ccccc2)cc1. The molecule has 3 aliphatic rings. The topological polar surface area (TPSA) is 95.9 Å². The molecule has 0 unspecified atom stereocenters. The molecular formula is C31H38N2O5S. The highest BCUT2D eigenvalue weighted by Crippen LogP contribution is 2.52. The minimum atomic E-state index is -1.01. The van der Waals surface area contributed by atoms with Gasteiger partial charge in [-0.15, -0.1) is 11.8 Å². The van der Waals surface area contributed by atoms with Gasteiger partial charge in [-0.1, -0.05) is 62.2 Å². The molecule has 2 N–H and O–H groups in total. The molecule has 8 heteroatoms. The lowest BCUT2D eigenvalue weighted by Gasteiger charge is -2.45. The molecule has 1 saturated carbocycles. The Morgan fingerprint density at radius 2 is 1.85 bits per heavy atom. The predicted octanol–water partition coefficient (Wildman–Crippen LogP) is 4.78. The lowest BCUT2D eigenvalue weighted by molar-refractivity contribution is -0.161. The van der Waals surface area contributed by atoms with E-state index in [-0.39, 0.29) is 23.1 Å². The number of hydrogen-bond donors (Lipinski definition) is 2. The molecule has 0 bridgehead atoms. The first kappa shape index (κ1) is 27.6. The first-order valence-electron chi connectivity index (χ1n) is 14.0. The van der Waals surface area contributed by atoms with E-state index < -0.39 is 28.2 Å². The summed E-state index contributed by atoms with van der Waals surface area (Å²) in [5.74, 6) is -0.612. The molecule has 5 rings (SSSR count). The number of unbranched alkanes of at least 4 members (excludes halogenated alkanes) is 1. The van der Waals surface area contributed by atoms with Crippen LogP contribution in [-0.4, -0.2) is 56.6 Å². The molecule has 3 fully saturated rings. The number of nitrogens with zero attached hydrogens (tertiary/aromatic N) is 1. The summed E-state index contributed by atoms with van der Waals surface area (Å²) < 4.78 is 5.24. The summed E-state index contributed by atoms with van der Waals surface area (Å²) in [7, 11) is 0. The number of hydrogen-bond acceptors (Lipinski definition) is 5. The third-order valence-corrected chi connectivity index (χ3v) is 10.2. The standard InChI is InChI=1S/C31H38N2O5S/c1-4-5-18-38-23-15-13-21(14-16-23)31(17-9-12-22(31)19-20-10-7-6-8-11-20)29(37)32-24-26(34)33-25(28(35)36)30(2,3)39-27(24)33/h6-8,10-11,13-16,22,24-25,27H,4-5,9,12,17-19H2,1-3H3,(H,32,37)(H,35,36)/t22-,24+,25+,27+,31+/m0/s1. The number of thioether (sulfide) groups is 1. The average molecular weight is 551 g/mol. The molecule has 2 aromatic rings. The second-order valence-corrected chi connectivity index (χ2v) is 13.3. The summed E-state index contributed by atoms with van der Waals surface area (Å²) in [6.45, 7) is 6.48. The van der Waals surface area contributed by atoms with E-state index >= 15 is 0 Å². The first-order chi connectivity index (χ1) is 18.7.